The number of rotatable bonds is 7. The summed E-state index contributed by atoms with van der Waals surface area (Å²) < 4.78 is 16.1. The van der Waals surface area contributed by atoms with E-state index in [0.717, 1.165) is 22.2 Å². The van der Waals surface area contributed by atoms with Crippen molar-refractivity contribution in [2.24, 2.45) is 0 Å². The number of hydrogen-bond donors (Lipinski definition) is 0. The molecule has 1 aromatic rings. The normalized spacial score (nSPS) is 10.2. The third kappa shape index (κ3) is 5.06. The Labute approximate surface area is 115 Å². The first-order valence-corrected chi connectivity index (χ1v) is 6.52. The molecule has 1 aromatic carbocycles. The van der Waals surface area contributed by atoms with Gasteiger partial charge in [-0.05, 0) is 47.0 Å². The zero-order valence-electron chi connectivity index (χ0n) is 10.6. The molecule has 0 radical (unpaired) electrons. The van der Waals surface area contributed by atoms with Crippen LogP contribution in [-0.2, 0) is 20.7 Å². The van der Waals surface area contributed by atoms with Crippen molar-refractivity contribution >= 4 is 21.9 Å². The molecular formula is C13H17BrO4. The van der Waals surface area contributed by atoms with Gasteiger partial charge in [-0.3, -0.25) is 0 Å². The molecular weight excluding hydrogens is 300 g/mol. The lowest BCUT2D eigenvalue weighted by molar-refractivity contribution is -0.148. The zero-order valence-corrected chi connectivity index (χ0v) is 12.2. The molecule has 1 rings (SSSR count). The lowest BCUT2D eigenvalue weighted by atomic mass is 10.1. The number of ether oxygens (including phenoxy) is 3. The van der Waals surface area contributed by atoms with E-state index in [9.17, 15) is 4.79 Å². The maximum Gasteiger partial charge on any atom is 0.332 e. The molecule has 0 unspecified atom stereocenters. The molecule has 5 heteroatoms. The number of halogens is 1. The Kier molecular flexibility index (Phi) is 6.75. The molecule has 0 atom stereocenters. The van der Waals surface area contributed by atoms with Crippen LogP contribution in [0.1, 0.15) is 12.5 Å². The number of hydrogen-bond acceptors (Lipinski definition) is 4. The van der Waals surface area contributed by atoms with Crippen LogP contribution in [-0.4, -0.2) is 32.9 Å². The molecule has 4 nitrogen and oxygen atoms in total. The van der Waals surface area contributed by atoms with Gasteiger partial charge in [0.15, 0.2) is 0 Å². The summed E-state index contributed by atoms with van der Waals surface area (Å²) in [6, 6.07) is 5.86. The third-order valence-corrected chi connectivity index (χ3v) is 2.93. The van der Waals surface area contributed by atoms with Crippen molar-refractivity contribution in [3.05, 3.63) is 28.2 Å². The molecule has 18 heavy (non-hydrogen) atoms. The van der Waals surface area contributed by atoms with E-state index in [0.29, 0.717) is 13.2 Å². The molecule has 0 saturated carbocycles. The zero-order chi connectivity index (χ0) is 13.4. The predicted octanol–water partition coefficient (Wildman–Crippen LogP) is 2.58. The van der Waals surface area contributed by atoms with Crippen molar-refractivity contribution in [1.82, 2.24) is 0 Å². The highest BCUT2D eigenvalue weighted by Crippen LogP contribution is 2.25. The van der Waals surface area contributed by atoms with Gasteiger partial charge in [0, 0.05) is 0 Å². The average molecular weight is 317 g/mol. The molecule has 0 aliphatic rings. The van der Waals surface area contributed by atoms with Crippen molar-refractivity contribution in [3.63, 3.8) is 0 Å². The molecule has 0 aromatic heterocycles. The second-order valence-electron chi connectivity index (χ2n) is 3.58. The molecule has 0 bridgehead atoms. The van der Waals surface area contributed by atoms with Crippen LogP contribution in [0, 0.1) is 0 Å². The summed E-state index contributed by atoms with van der Waals surface area (Å²) in [6.45, 7) is 2.63. The Balaban J connectivity index is 2.33. The molecule has 0 aliphatic heterocycles. The number of esters is 1. The first-order chi connectivity index (χ1) is 8.67. The topological polar surface area (TPSA) is 44.8 Å². The molecule has 100 valence electrons. The predicted molar refractivity (Wildman–Crippen MR) is 71.9 cm³/mol. The summed E-state index contributed by atoms with van der Waals surface area (Å²) in [5.41, 5.74) is 1.10. The van der Waals surface area contributed by atoms with Gasteiger partial charge in [-0.15, -0.1) is 0 Å². The van der Waals surface area contributed by atoms with Crippen LogP contribution >= 0.6 is 15.9 Å². The molecule has 0 heterocycles. The van der Waals surface area contributed by atoms with Crippen molar-refractivity contribution in [3.8, 4) is 5.75 Å². The van der Waals surface area contributed by atoms with Crippen LogP contribution in [0.4, 0.5) is 0 Å². The Morgan fingerprint density at radius 1 is 1.39 bits per heavy atom. The van der Waals surface area contributed by atoms with Gasteiger partial charge in [0.05, 0.1) is 24.8 Å². The van der Waals surface area contributed by atoms with E-state index in [1.165, 1.54) is 0 Å². The molecule has 0 fully saturated rings. The standard InChI is InChI=1S/C13H17BrO4/c1-3-18-13(15)9-17-7-6-10-4-5-11(14)12(8-10)16-2/h4-5,8H,3,6-7,9H2,1-2H3. The van der Waals surface area contributed by atoms with Crippen LogP contribution < -0.4 is 4.74 Å². The largest absolute Gasteiger partial charge is 0.496 e. The maximum absolute atomic E-state index is 11.0. The Morgan fingerprint density at radius 3 is 2.83 bits per heavy atom. The number of methoxy groups -OCH3 is 1. The van der Waals surface area contributed by atoms with Crippen LogP contribution in [0.5, 0.6) is 5.75 Å². The summed E-state index contributed by atoms with van der Waals surface area (Å²) >= 11 is 3.39. The van der Waals surface area contributed by atoms with Crippen molar-refractivity contribution in [2.75, 3.05) is 26.9 Å². The fraction of sp³-hybridized carbons (Fsp3) is 0.462. The lowest BCUT2D eigenvalue weighted by Crippen LogP contribution is -2.13. The van der Waals surface area contributed by atoms with Crippen LogP contribution in [0.15, 0.2) is 22.7 Å². The highest BCUT2D eigenvalue weighted by atomic mass is 79.9. The van der Waals surface area contributed by atoms with Crippen molar-refractivity contribution < 1.29 is 19.0 Å². The number of carbonyl (C=O) groups excluding carboxylic acids is 1. The van der Waals surface area contributed by atoms with Gasteiger partial charge in [-0.2, -0.15) is 0 Å². The Morgan fingerprint density at radius 2 is 2.17 bits per heavy atom. The highest BCUT2D eigenvalue weighted by molar-refractivity contribution is 9.10. The van der Waals surface area contributed by atoms with Gasteiger partial charge < -0.3 is 14.2 Å². The second kappa shape index (κ2) is 8.11. The highest BCUT2D eigenvalue weighted by Gasteiger charge is 2.03. The molecule has 0 aliphatic carbocycles. The van der Waals surface area contributed by atoms with E-state index in [1.54, 1.807) is 14.0 Å². The van der Waals surface area contributed by atoms with Crippen LogP contribution in [0.2, 0.25) is 0 Å². The number of benzene rings is 1. The van der Waals surface area contributed by atoms with Gasteiger partial charge in [0.2, 0.25) is 0 Å². The second-order valence-corrected chi connectivity index (χ2v) is 4.43. The number of carbonyl (C=O) groups is 1. The van der Waals surface area contributed by atoms with Gasteiger partial charge in [0.1, 0.15) is 12.4 Å². The fourth-order valence-corrected chi connectivity index (χ4v) is 1.82. The Bertz CT molecular complexity index is 393. The fourth-order valence-electron chi connectivity index (χ4n) is 1.41. The summed E-state index contributed by atoms with van der Waals surface area (Å²) in [6.07, 6.45) is 0.725. The smallest absolute Gasteiger partial charge is 0.332 e. The minimum atomic E-state index is -0.328. The van der Waals surface area contributed by atoms with Crippen molar-refractivity contribution in [1.29, 1.82) is 0 Å². The summed E-state index contributed by atoms with van der Waals surface area (Å²) in [7, 11) is 1.63. The molecule has 0 N–H and O–H groups in total. The minimum Gasteiger partial charge on any atom is -0.496 e. The van der Waals surface area contributed by atoms with Gasteiger partial charge >= 0.3 is 5.97 Å². The average Bonchev–Trinajstić information content (AvgIpc) is 2.37. The van der Waals surface area contributed by atoms with E-state index < -0.39 is 0 Å². The quantitative estimate of drug-likeness (QED) is 0.573. The van der Waals surface area contributed by atoms with Gasteiger partial charge in [-0.25, -0.2) is 4.79 Å². The third-order valence-electron chi connectivity index (χ3n) is 2.28. The minimum absolute atomic E-state index is 0.00149. The molecule has 0 amide bonds. The van der Waals surface area contributed by atoms with E-state index in [1.807, 2.05) is 18.2 Å². The first kappa shape index (κ1) is 15.0. The van der Waals surface area contributed by atoms with Crippen LogP contribution in [0.25, 0.3) is 0 Å². The monoisotopic (exact) mass is 316 g/mol. The van der Waals surface area contributed by atoms with E-state index in [2.05, 4.69) is 15.9 Å². The SMILES string of the molecule is CCOC(=O)COCCc1ccc(Br)c(OC)c1. The lowest BCUT2D eigenvalue weighted by Gasteiger charge is -2.07. The van der Waals surface area contributed by atoms with Crippen LogP contribution in [0.3, 0.4) is 0 Å². The maximum atomic E-state index is 11.0. The summed E-state index contributed by atoms with van der Waals surface area (Å²) in [4.78, 5) is 11.0. The Hall–Kier alpha value is -1.07. The van der Waals surface area contributed by atoms with E-state index >= 15 is 0 Å². The van der Waals surface area contributed by atoms with Gasteiger partial charge in [-0.1, -0.05) is 6.07 Å². The summed E-state index contributed by atoms with van der Waals surface area (Å²) in [5.74, 6) is 0.462. The molecule has 0 saturated heterocycles. The first-order valence-electron chi connectivity index (χ1n) is 5.73. The van der Waals surface area contributed by atoms with E-state index in [4.69, 9.17) is 14.2 Å². The van der Waals surface area contributed by atoms with Crippen molar-refractivity contribution in [2.45, 2.75) is 13.3 Å². The summed E-state index contributed by atoms with van der Waals surface area (Å²) in [5, 5.41) is 0. The molecule has 0 spiro atoms. The van der Waals surface area contributed by atoms with Gasteiger partial charge in [0.25, 0.3) is 0 Å². The van der Waals surface area contributed by atoms with E-state index in [-0.39, 0.29) is 12.6 Å².